The van der Waals surface area contributed by atoms with Crippen LogP contribution in [-0.2, 0) is 14.3 Å². The molecule has 1 aliphatic rings. The van der Waals surface area contributed by atoms with Crippen LogP contribution in [0.25, 0.3) is 0 Å². The fraction of sp³-hybridized carbons (Fsp3) is 0.412. The summed E-state index contributed by atoms with van der Waals surface area (Å²) in [6.45, 7) is 1.75. The molecule has 22 heavy (non-hydrogen) atoms. The van der Waals surface area contributed by atoms with Crippen molar-refractivity contribution < 1.29 is 23.5 Å². The minimum absolute atomic E-state index is 0.140. The average Bonchev–Trinajstić information content (AvgIpc) is 2.50. The molecule has 4 nitrogen and oxygen atoms in total. The number of allylic oxidation sites excluding steroid dienone is 1. The lowest BCUT2D eigenvalue weighted by Gasteiger charge is -2.26. The van der Waals surface area contributed by atoms with Crippen LogP contribution in [0.3, 0.4) is 0 Å². The maximum atomic E-state index is 12.8. The first-order valence-electron chi connectivity index (χ1n) is 7.39. The topological polar surface area (TPSA) is 52.6 Å². The first-order valence-corrected chi connectivity index (χ1v) is 7.39. The molecule has 1 aliphatic carbocycles. The number of hydrogen-bond acceptors (Lipinski definition) is 4. The number of ether oxygens (including phenoxy) is 2. The van der Waals surface area contributed by atoms with Crippen LogP contribution in [-0.4, -0.2) is 18.0 Å². The van der Waals surface area contributed by atoms with Gasteiger partial charge in [-0.2, -0.15) is 0 Å². The quantitative estimate of drug-likeness (QED) is 0.486. The number of benzene rings is 1. The van der Waals surface area contributed by atoms with Crippen LogP contribution in [0.15, 0.2) is 36.4 Å². The molecule has 0 amide bonds. The van der Waals surface area contributed by atoms with Crippen molar-refractivity contribution in [3.05, 3.63) is 42.2 Å². The molecule has 0 atom stereocenters. The van der Waals surface area contributed by atoms with Crippen LogP contribution < -0.4 is 4.74 Å². The Morgan fingerprint density at radius 3 is 2.36 bits per heavy atom. The molecule has 5 heteroatoms. The van der Waals surface area contributed by atoms with E-state index in [1.807, 2.05) is 0 Å². The zero-order chi connectivity index (χ0) is 15.9. The highest BCUT2D eigenvalue weighted by Crippen LogP contribution is 2.28. The SMILES string of the molecule is CC=CC(=O)O[C@H]1CC[C@H](C(=O)Oc2ccc(F)cc2)CC1. The van der Waals surface area contributed by atoms with Crippen LogP contribution in [0.4, 0.5) is 4.39 Å². The number of rotatable bonds is 4. The van der Waals surface area contributed by atoms with Crippen molar-refractivity contribution in [2.24, 2.45) is 5.92 Å². The summed E-state index contributed by atoms with van der Waals surface area (Å²) in [6.07, 6.45) is 5.40. The molecule has 118 valence electrons. The van der Waals surface area contributed by atoms with Gasteiger partial charge < -0.3 is 9.47 Å². The van der Waals surface area contributed by atoms with E-state index in [0.717, 1.165) is 0 Å². The van der Waals surface area contributed by atoms with Crippen LogP contribution in [0.5, 0.6) is 5.75 Å². The lowest BCUT2D eigenvalue weighted by Crippen LogP contribution is -2.29. The zero-order valence-corrected chi connectivity index (χ0v) is 12.5. The van der Waals surface area contributed by atoms with E-state index < -0.39 is 0 Å². The third kappa shape index (κ3) is 4.69. The van der Waals surface area contributed by atoms with Crippen LogP contribution in [0, 0.1) is 11.7 Å². The summed E-state index contributed by atoms with van der Waals surface area (Å²) in [5, 5.41) is 0. The molecule has 0 bridgehead atoms. The van der Waals surface area contributed by atoms with E-state index in [9.17, 15) is 14.0 Å². The molecule has 1 aromatic carbocycles. The number of carbonyl (C=O) groups is 2. The van der Waals surface area contributed by atoms with Crippen molar-refractivity contribution in [3.63, 3.8) is 0 Å². The normalized spacial score (nSPS) is 21.5. The van der Waals surface area contributed by atoms with Crippen molar-refractivity contribution in [1.29, 1.82) is 0 Å². The second kappa shape index (κ2) is 7.73. The monoisotopic (exact) mass is 306 g/mol. The van der Waals surface area contributed by atoms with Gasteiger partial charge in [-0.15, -0.1) is 0 Å². The Morgan fingerprint density at radius 2 is 1.77 bits per heavy atom. The van der Waals surface area contributed by atoms with E-state index in [1.54, 1.807) is 13.0 Å². The van der Waals surface area contributed by atoms with Crippen molar-refractivity contribution in [2.45, 2.75) is 38.7 Å². The third-order valence-corrected chi connectivity index (χ3v) is 3.63. The Morgan fingerprint density at radius 1 is 1.14 bits per heavy atom. The molecular formula is C17H19FO4. The lowest BCUT2D eigenvalue weighted by molar-refractivity contribution is -0.147. The van der Waals surface area contributed by atoms with Gasteiger partial charge in [-0.25, -0.2) is 9.18 Å². The molecule has 0 aromatic heterocycles. The second-order valence-electron chi connectivity index (χ2n) is 5.29. The van der Waals surface area contributed by atoms with E-state index in [4.69, 9.17) is 9.47 Å². The average molecular weight is 306 g/mol. The molecule has 0 radical (unpaired) electrons. The van der Waals surface area contributed by atoms with Gasteiger partial charge in [0.15, 0.2) is 0 Å². The highest BCUT2D eigenvalue weighted by Gasteiger charge is 2.29. The lowest BCUT2D eigenvalue weighted by atomic mass is 9.87. The molecule has 0 heterocycles. The smallest absolute Gasteiger partial charge is 0.330 e. The summed E-state index contributed by atoms with van der Waals surface area (Å²) in [4.78, 5) is 23.4. The summed E-state index contributed by atoms with van der Waals surface area (Å²) in [6, 6.07) is 5.36. The summed E-state index contributed by atoms with van der Waals surface area (Å²) < 4.78 is 23.3. The van der Waals surface area contributed by atoms with Gasteiger partial charge in [0.05, 0.1) is 5.92 Å². The Balaban J connectivity index is 1.79. The van der Waals surface area contributed by atoms with E-state index in [-0.39, 0.29) is 29.8 Å². The first-order chi connectivity index (χ1) is 10.6. The highest BCUT2D eigenvalue weighted by atomic mass is 19.1. The van der Waals surface area contributed by atoms with E-state index in [1.165, 1.54) is 30.3 Å². The number of hydrogen-bond donors (Lipinski definition) is 0. The van der Waals surface area contributed by atoms with E-state index in [0.29, 0.717) is 31.4 Å². The molecule has 2 rings (SSSR count). The fourth-order valence-corrected chi connectivity index (χ4v) is 2.46. The van der Waals surface area contributed by atoms with Gasteiger partial charge in [0.2, 0.25) is 0 Å². The number of esters is 2. The molecule has 0 spiro atoms. The molecule has 0 unspecified atom stereocenters. The van der Waals surface area contributed by atoms with Crippen molar-refractivity contribution >= 4 is 11.9 Å². The highest BCUT2D eigenvalue weighted by molar-refractivity contribution is 5.82. The fourth-order valence-electron chi connectivity index (χ4n) is 2.46. The summed E-state index contributed by atoms with van der Waals surface area (Å²) in [5.74, 6) is -0.900. The maximum Gasteiger partial charge on any atom is 0.330 e. The summed E-state index contributed by atoms with van der Waals surface area (Å²) >= 11 is 0. The van der Waals surface area contributed by atoms with E-state index in [2.05, 4.69) is 0 Å². The zero-order valence-electron chi connectivity index (χ0n) is 12.5. The molecule has 1 fully saturated rings. The van der Waals surface area contributed by atoms with Gasteiger partial charge in [0.1, 0.15) is 17.7 Å². The second-order valence-corrected chi connectivity index (χ2v) is 5.29. The Bertz CT molecular complexity index is 542. The predicted molar refractivity (Wildman–Crippen MR) is 78.7 cm³/mol. The van der Waals surface area contributed by atoms with Crippen molar-refractivity contribution in [1.82, 2.24) is 0 Å². The number of carbonyl (C=O) groups excluding carboxylic acids is 2. The van der Waals surface area contributed by atoms with Crippen molar-refractivity contribution in [2.75, 3.05) is 0 Å². The standard InChI is InChI=1S/C17H19FO4/c1-2-3-16(19)21-14-8-4-12(5-9-14)17(20)22-15-10-6-13(18)7-11-15/h2-3,6-7,10-12,14H,4-5,8-9H2,1H3/t12-,14-. The van der Waals surface area contributed by atoms with Crippen molar-refractivity contribution in [3.8, 4) is 5.75 Å². The third-order valence-electron chi connectivity index (χ3n) is 3.63. The summed E-state index contributed by atoms with van der Waals surface area (Å²) in [5.41, 5.74) is 0. The van der Waals surface area contributed by atoms with Gasteiger partial charge in [-0.1, -0.05) is 6.08 Å². The van der Waals surface area contributed by atoms with Crippen LogP contribution >= 0.6 is 0 Å². The molecule has 0 saturated heterocycles. The first kappa shape index (κ1) is 16.2. The van der Waals surface area contributed by atoms with Gasteiger partial charge in [0.25, 0.3) is 0 Å². The van der Waals surface area contributed by atoms with Gasteiger partial charge in [-0.3, -0.25) is 4.79 Å². The molecule has 0 N–H and O–H groups in total. The predicted octanol–water partition coefficient (Wildman–Crippen LogP) is 3.41. The molecule has 1 saturated carbocycles. The molecule has 1 aromatic rings. The largest absolute Gasteiger partial charge is 0.459 e. The minimum atomic E-state index is -0.372. The van der Waals surface area contributed by atoms with Crippen LogP contribution in [0.1, 0.15) is 32.6 Å². The molecular weight excluding hydrogens is 287 g/mol. The Labute approximate surface area is 128 Å². The molecule has 0 aliphatic heterocycles. The van der Waals surface area contributed by atoms with Gasteiger partial charge >= 0.3 is 11.9 Å². The van der Waals surface area contributed by atoms with Crippen LogP contribution in [0.2, 0.25) is 0 Å². The van der Waals surface area contributed by atoms with E-state index >= 15 is 0 Å². The summed E-state index contributed by atoms with van der Waals surface area (Å²) in [7, 11) is 0. The van der Waals surface area contributed by atoms with Gasteiger partial charge in [0, 0.05) is 6.08 Å². The Kier molecular flexibility index (Phi) is 5.69. The maximum absolute atomic E-state index is 12.8. The number of halogens is 1. The Hall–Kier alpha value is -2.17. The van der Waals surface area contributed by atoms with Gasteiger partial charge in [-0.05, 0) is 56.9 Å². The minimum Gasteiger partial charge on any atom is -0.459 e.